The molecule has 0 unspecified atom stereocenters. The van der Waals surface area contributed by atoms with Gasteiger partial charge in [0.1, 0.15) is 0 Å². The highest BCUT2D eigenvalue weighted by Crippen LogP contribution is 2.45. The number of rotatable bonds is 1. The van der Waals surface area contributed by atoms with E-state index < -0.39 is 0 Å². The zero-order valence-corrected chi connectivity index (χ0v) is 16.8. The van der Waals surface area contributed by atoms with E-state index in [-0.39, 0.29) is 0 Å². The Morgan fingerprint density at radius 2 is 1.81 bits per heavy atom. The molecule has 0 bridgehead atoms. The molecule has 138 valence electrons. The summed E-state index contributed by atoms with van der Waals surface area (Å²) in [4.78, 5) is 18.3. The summed E-state index contributed by atoms with van der Waals surface area (Å²) in [6.07, 6.45) is 9.44. The molecule has 3 nitrogen and oxygen atoms in total. The zero-order valence-electron chi connectivity index (χ0n) is 15.2. The van der Waals surface area contributed by atoms with Crippen LogP contribution < -0.4 is 0 Å². The van der Waals surface area contributed by atoms with Gasteiger partial charge in [-0.1, -0.05) is 28.1 Å². The van der Waals surface area contributed by atoms with Crippen LogP contribution in [0.2, 0.25) is 0 Å². The normalized spacial score (nSPS) is 36.0. The van der Waals surface area contributed by atoms with Crippen molar-refractivity contribution < 1.29 is 4.79 Å². The van der Waals surface area contributed by atoms with Gasteiger partial charge in [0.05, 0.1) is 0 Å². The van der Waals surface area contributed by atoms with Crippen molar-refractivity contribution in [2.75, 3.05) is 19.6 Å². The molecule has 1 amide bonds. The molecule has 4 atom stereocenters. The summed E-state index contributed by atoms with van der Waals surface area (Å²) in [5.41, 5.74) is 2.14. The van der Waals surface area contributed by atoms with Crippen molar-refractivity contribution in [3.05, 3.63) is 39.9 Å². The second-order valence-electron chi connectivity index (χ2n) is 8.52. The van der Waals surface area contributed by atoms with Gasteiger partial charge in [-0.3, -0.25) is 9.69 Å². The van der Waals surface area contributed by atoms with E-state index in [1.54, 1.807) is 0 Å². The molecule has 4 fully saturated rings. The maximum atomic E-state index is 13.3. The maximum Gasteiger partial charge on any atom is 0.250 e. The zero-order chi connectivity index (χ0) is 17.7. The summed E-state index contributed by atoms with van der Waals surface area (Å²) >= 11 is 3.49. The summed E-state index contributed by atoms with van der Waals surface area (Å²) in [7, 11) is 0. The van der Waals surface area contributed by atoms with Crippen LogP contribution in [0.3, 0.4) is 0 Å². The summed E-state index contributed by atoms with van der Waals surface area (Å²) in [6.45, 7) is 3.55. The molecule has 4 heteroatoms. The van der Waals surface area contributed by atoms with Crippen LogP contribution in [0.25, 0.3) is 6.08 Å². The number of halogens is 1. The number of carbonyl (C=O) groups excluding carboxylic acids is 1. The molecule has 0 aliphatic carbocycles. The van der Waals surface area contributed by atoms with Gasteiger partial charge in [-0.25, -0.2) is 0 Å². The molecular formula is C22H27BrN2O. The minimum absolute atomic E-state index is 0.310. The van der Waals surface area contributed by atoms with Gasteiger partial charge in [0.15, 0.2) is 0 Å². The highest BCUT2D eigenvalue weighted by atomic mass is 79.9. The van der Waals surface area contributed by atoms with Gasteiger partial charge >= 0.3 is 0 Å². The minimum Gasteiger partial charge on any atom is -0.335 e. The van der Waals surface area contributed by atoms with E-state index in [9.17, 15) is 4.79 Å². The highest BCUT2D eigenvalue weighted by molar-refractivity contribution is 9.10. The Labute approximate surface area is 164 Å². The molecule has 26 heavy (non-hydrogen) atoms. The average Bonchev–Trinajstić information content (AvgIpc) is 2.67. The van der Waals surface area contributed by atoms with Crippen LogP contribution in [-0.4, -0.2) is 47.4 Å². The summed E-state index contributed by atoms with van der Waals surface area (Å²) in [5.74, 6) is 1.72. The van der Waals surface area contributed by atoms with Crippen molar-refractivity contribution >= 4 is 27.9 Å². The Balaban J connectivity index is 1.41. The summed E-state index contributed by atoms with van der Waals surface area (Å²) in [6, 6.07) is 9.50. The van der Waals surface area contributed by atoms with Crippen molar-refractivity contribution in [1.82, 2.24) is 9.80 Å². The number of benzene rings is 1. The predicted octanol–water partition coefficient (Wildman–Crippen LogP) is 4.33. The Morgan fingerprint density at radius 1 is 1.04 bits per heavy atom. The molecular weight excluding hydrogens is 388 g/mol. The molecule has 4 saturated heterocycles. The monoisotopic (exact) mass is 414 g/mol. The number of hydrogen-bond acceptors (Lipinski definition) is 2. The minimum atomic E-state index is 0.310. The largest absolute Gasteiger partial charge is 0.335 e. The third-order valence-corrected chi connectivity index (χ3v) is 7.66. The van der Waals surface area contributed by atoms with Crippen molar-refractivity contribution in [2.24, 2.45) is 11.8 Å². The van der Waals surface area contributed by atoms with E-state index in [1.807, 2.05) is 12.1 Å². The van der Waals surface area contributed by atoms with Crippen LogP contribution in [0.5, 0.6) is 0 Å². The lowest BCUT2D eigenvalue weighted by atomic mass is 9.67. The number of nitrogens with zero attached hydrogens (tertiary/aromatic N) is 2. The van der Waals surface area contributed by atoms with Crippen molar-refractivity contribution in [2.45, 2.75) is 50.6 Å². The number of hydrogen-bond donors (Lipinski definition) is 0. The second-order valence-corrected chi connectivity index (χ2v) is 9.44. The van der Waals surface area contributed by atoms with Crippen LogP contribution in [0, 0.1) is 11.8 Å². The van der Waals surface area contributed by atoms with Gasteiger partial charge in [0.25, 0.3) is 0 Å². The van der Waals surface area contributed by atoms with Crippen molar-refractivity contribution in [3.63, 3.8) is 0 Å². The molecule has 0 radical (unpaired) electrons. The van der Waals surface area contributed by atoms with Gasteiger partial charge in [-0.15, -0.1) is 0 Å². The first kappa shape index (κ1) is 17.0. The van der Waals surface area contributed by atoms with Gasteiger partial charge in [-0.05, 0) is 87.2 Å². The molecule has 4 heterocycles. The molecule has 0 aromatic heterocycles. The Hall–Kier alpha value is -1.13. The molecule has 1 aromatic carbocycles. The molecule has 1 aromatic rings. The number of carbonyl (C=O) groups is 1. The summed E-state index contributed by atoms with van der Waals surface area (Å²) in [5, 5.41) is 0. The average molecular weight is 415 g/mol. The third kappa shape index (κ3) is 2.86. The fourth-order valence-corrected chi connectivity index (χ4v) is 6.35. The quantitative estimate of drug-likeness (QED) is 0.638. The lowest BCUT2D eigenvalue weighted by Crippen LogP contribution is -2.66. The van der Waals surface area contributed by atoms with Gasteiger partial charge in [0.2, 0.25) is 5.91 Å². The van der Waals surface area contributed by atoms with Crippen molar-refractivity contribution in [3.8, 4) is 0 Å². The first-order valence-electron chi connectivity index (χ1n) is 10.2. The number of amides is 1. The standard InChI is InChI=1S/C22H27BrN2O/c23-18-8-5-15(6-9-18)13-16-7-10-20-19-4-2-12-24-11-1-3-17(21(19)24)14-25(20)22(16)26/h5-6,8-9,13,17,19-21H,1-4,7,10-12,14H2/b16-13+/t17-,19+,20+,21-/m0/s1. The Kier molecular flexibility index (Phi) is 4.44. The summed E-state index contributed by atoms with van der Waals surface area (Å²) < 4.78 is 1.08. The van der Waals surface area contributed by atoms with E-state index in [0.717, 1.165) is 41.0 Å². The van der Waals surface area contributed by atoms with E-state index in [2.05, 4.69) is 43.9 Å². The topological polar surface area (TPSA) is 23.6 Å². The lowest BCUT2D eigenvalue weighted by Gasteiger charge is -2.58. The number of piperidine rings is 4. The van der Waals surface area contributed by atoms with E-state index in [1.165, 1.54) is 38.8 Å². The SMILES string of the molecule is O=C1/C(=C/c2ccc(Br)cc2)CC[C@@H]2[C@H]3CCCN4CCC[C@@H](CN12)[C@@H]34. The van der Waals surface area contributed by atoms with Crippen LogP contribution >= 0.6 is 15.9 Å². The second kappa shape index (κ2) is 6.79. The molecule has 0 spiro atoms. The third-order valence-electron chi connectivity index (χ3n) is 7.13. The van der Waals surface area contributed by atoms with E-state index in [4.69, 9.17) is 0 Å². The van der Waals surface area contributed by atoms with Crippen molar-refractivity contribution in [1.29, 1.82) is 0 Å². The first-order valence-corrected chi connectivity index (χ1v) is 11.0. The Bertz CT molecular complexity index is 726. The van der Waals surface area contributed by atoms with E-state index in [0.29, 0.717) is 23.8 Å². The molecule has 4 aliphatic heterocycles. The van der Waals surface area contributed by atoms with Crippen LogP contribution in [0.1, 0.15) is 44.1 Å². The van der Waals surface area contributed by atoms with Gasteiger partial charge in [0, 0.05) is 28.7 Å². The van der Waals surface area contributed by atoms with Gasteiger partial charge in [-0.2, -0.15) is 0 Å². The van der Waals surface area contributed by atoms with Crippen LogP contribution in [0.15, 0.2) is 34.3 Å². The van der Waals surface area contributed by atoms with Crippen LogP contribution in [0.4, 0.5) is 0 Å². The smallest absolute Gasteiger partial charge is 0.250 e. The number of fused-ring (bicyclic) bond motifs is 2. The predicted molar refractivity (Wildman–Crippen MR) is 108 cm³/mol. The van der Waals surface area contributed by atoms with E-state index >= 15 is 0 Å². The molecule has 0 N–H and O–H groups in total. The fourth-order valence-electron chi connectivity index (χ4n) is 6.09. The molecule has 5 rings (SSSR count). The van der Waals surface area contributed by atoms with Crippen LogP contribution in [-0.2, 0) is 4.79 Å². The highest BCUT2D eigenvalue weighted by Gasteiger charge is 2.51. The lowest BCUT2D eigenvalue weighted by molar-refractivity contribution is -0.145. The Morgan fingerprint density at radius 3 is 2.62 bits per heavy atom. The maximum absolute atomic E-state index is 13.3. The van der Waals surface area contributed by atoms with Gasteiger partial charge < -0.3 is 4.90 Å². The first-order chi connectivity index (χ1) is 12.7. The fraction of sp³-hybridized carbons (Fsp3) is 0.591. The molecule has 0 saturated carbocycles. The molecule has 4 aliphatic rings.